The Morgan fingerprint density at radius 3 is 2.36 bits per heavy atom. The van der Waals surface area contributed by atoms with Gasteiger partial charge in [0, 0.05) is 50.7 Å². The third-order valence-corrected chi connectivity index (χ3v) is 8.18. The van der Waals surface area contributed by atoms with E-state index in [-0.39, 0.29) is 39.3 Å². The Bertz CT molecular complexity index is 1900. The summed E-state index contributed by atoms with van der Waals surface area (Å²) in [5.74, 6) is -1.12. The SMILES string of the molecule is CNC(=O)c1c(-c2ccc(F)cc2)oc2ccc(-c3cc(C(=O)N(C)C4(c5ncccn5)CNC4)c(OC)cc3C)c(F)c12. The molecule has 2 N–H and O–H groups in total. The van der Waals surface area contributed by atoms with Crippen molar-refractivity contribution in [3.63, 3.8) is 0 Å². The molecule has 1 fully saturated rings. The predicted molar refractivity (Wildman–Crippen MR) is 160 cm³/mol. The quantitative estimate of drug-likeness (QED) is 0.269. The van der Waals surface area contributed by atoms with Crippen LogP contribution in [0.15, 0.2) is 71.4 Å². The molecule has 0 radical (unpaired) electrons. The molecule has 5 aromatic rings. The standard InChI is InChI=1S/C33H29F2N5O4/c1-18-14-25(43-4)23(31(42)40(3)33(16-37-17-33)32-38-12-5-13-39-32)15-22(18)21-10-11-24-26(28(21)35)27(30(41)36-2)29(44-24)19-6-8-20(34)9-7-19/h5-15,37H,16-17H2,1-4H3,(H,36,41). The molecule has 0 spiro atoms. The Balaban J connectivity index is 1.49. The van der Waals surface area contributed by atoms with Crippen molar-refractivity contribution in [2.45, 2.75) is 12.5 Å². The molecule has 44 heavy (non-hydrogen) atoms. The van der Waals surface area contributed by atoms with Gasteiger partial charge in [-0.1, -0.05) is 0 Å². The molecular weight excluding hydrogens is 568 g/mol. The van der Waals surface area contributed by atoms with Crippen molar-refractivity contribution >= 4 is 22.8 Å². The number of aryl methyl sites for hydroxylation is 1. The molecule has 224 valence electrons. The van der Waals surface area contributed by atoms with E-state index in [4.69, 9.17) is 9.15 Å². The van der Waals surface area contributed by atoms with Gasteiger partial charge in [0.1, 0.15) is 34.3 Å². The van der Waals surface area contributed by atoms with Gasteiger partial charge in [0.05, 0.1) is 23.6 Å². The molecule has 9 nitrogen and oxygen atoms in total. The van der Waals surface area contributed by atoms with Crippen LogP contribution in [0, 0.1) is 18.6 Å². The highest BCUT2D eigenvalue weighted by molar-refractivity contribution is 6.12. The van der Waals surface area contributed by atoms with Crippen LogP contribution in [0.3, 0.4) is 0 Å². The van der Waals surface area contributed by atoms with Gasteiger partial charge in [-0.25, -0.2) is 18.7 Å². The fourth-order valence-corrected chi connectivity index (χ4v) is 5.63. The van der Waals surface area contributed by atoms with E-state index in [2.05, 4.69) is 20.6 Å². The van der Waals surface area contributed by atoms with E-state index in [1.807, 2.05) is 0 Å². The topological polar surface area (TPSA) is 110 Å². The van der Waals surface area contributed by atoms with E-state index in [9.17, 15) is 14.0 Å². The van der Waals surface area contributed by atoms with Crippen molar-refractivity contribution in [1.29, 1.82) is 0 Å². The van der Waals surface area contributed by atoms with Crippen molar-refractivity contribution in [3.05, 3.63) is 101 Å². The molecule has 0 bridgehead atoms. The largest absolute Gasteiger partial charge is 0.496 e. The molecule has 0 aliphatic carbocycles. The number of carbonyl (C=O) groups excluding carboxylic acids is 2. The molecular formula is C33H29F2N5O4. The molecule has 2 amide bonds. The highest BCUT2D eigenvalue weighted by Crippen LogP contribution is 2.41. The number of nitrogens with one attached hydrogen (secondary N) is 2. The van der Waals surface area contributed by atoms with E-state index in [1.165, 1.54) is 38.4 Å². The van der Waals surface area contributed by atoms with Gasteiger partial charge in [-0.3, -0.25) is 9.59 Å². The number of benzene rings is 3. The number of likely N-dealkylation sites (N-methyl/N-ethyl adjacent to an activating group) is 1. The number of methoxy groups -OCH3 is 1. The van der Waals surface area contributed by atoms with Crippen molar-refractivity contribution in [2.24, 2.45) is 0 Å². The molecule has 2 aromatic heterocycles. The van der Waals surface area contributed by atoms with Crippen LogP contribution in [0.2, 0.25) is 0 Å². The third kappa shape index (κ3) is 4.56. The molecule has 0 unspecified atom stereocenters. The number of nitrogens with zero attached hydrogens (tertiary/aromatic N) is 3. The maximum Gasteiger partial charge on any atom is 0.258 e. The van der Waals surface area contributed by atoms with E-state index in [0.29, 0.717) is 41.4 Å². The number of hydrogen-bond donors (Lipinski definition) is 2. The number of aromatic nitrogens is 2. The van der Waals surface area contributed by atoms with Crippen LogP contribution < -0.4 is 15.4 Å². The maximum absolute atomic E-state index is 16.6. The molecule has 6 rings (SSSR count). The van der Waals surface area contributed by atoms with Gasteiger partial charge in [-0.15, -0.1) is 0 Å². The smallest absolute Gasteiger partial charge is 0.258 e. The van der Waals surface area contributed by atoms with Gasteiger partial charge >= 0.3 is 0 Å². The summed E-state index contributed by atoms with van der Waals surface area (Å²) in [5, 5.41) is 5.73. The Labute approximate surface area is 251 Å². The highest BCUT2D eigenvalue weighted by Gasteiger charge is 2.47. The fraction of sp³-hybridized carbons (Fsp3) is 0.212. The molecule has 11 heteroatoms. The van der Waals surface area contributed by atoms with Crippen LogP contribution in [0.4, 0.5) is 8.78 Å². The lowest BCUT2D eigenvalue weighted by molar-refractivity contribution is 0.0332. The van der Waals surface area contributed by atoms with Gasteiger partial charge in [-0.05, 0) is 72.6 Å². The number of fused-ring (bicyclic) bond motifs is 1. The molecule has 3 heterocycles. The zero-order chi connectivity index (χ0) is 31.2. The lowest BCUT2D eigenvalue weighted by Crippen LogP contribution is -2.67. The lowest BCUT2D eigenvalue weighted by atomic mass is 9.88. The summed E-state index contributed by atoms with van der Waals surface area (Å²) in [4.78, 5) is 37.5. The summed E-state index contributed by atoms with van der Waals surface area (Å²) < 4.78 is 41.8. The van der Waals surface area contributed by atoms with Gasteiger partial charge in [0.15, 0.2) is 5.82 Å². The molecule has 1 aliphatic heterocycles. The van der Waals surface area contributed by atoms with E-state index >= 15 is 4.39 Å². The number of halogens is 2. The minimum absolute atomic E-state index is 0.0158. The van der Waals surface area contributed by atoms with Gasteiger partial charge < -0.3 is 24.7 Å². The second-order valence-electron chi connectivity index (χ2n) is 10.6. The fourth-order valence-electron chi connectivity index (χ4n) is 5.63. The minimum Gasteiger partial charge on any atom is -0.496 e. The number of rotatable bonds is 7. The number of amides is 2. The van der Waals surface area contributed by atoms with Crippen LogP contribution in [-0.4, -0.2) is 61.0 Å². The normalized spacial score (nSPS) is 13.8. The van der Waals surface area contributed by atoms with Crippen molar-refractivity contribution in [3.8, 4) is 28.2 Å². The second-order valence-corrected chi connectivity index (χ2v) is 10.6. The summed E-state index contributed by atoms with van der Waals surface area (Å²) in [7, 11) is 4.59. The van der Waals surface area contributed by atoms with Crippen LogP contribution in [0.1, 0.15) is 32.1 Å². The summed E-state index contributed by atoms with van der Waals surface area (Å²) >= 11 is 0. The summed E-state index contributed by atoms with van der Waals surface area (Å²) in [6.07, 6.45) is 3.27. The number of carbonyl (C=O) groups is 2. The van der Waals surface area contributed by atoms with Gasteiger partial charge in [0.2, 0.25) is 0 Å². The average Bonchev–Trinajstić information content (AvgIpc) is 3.41. The Kier molecular flexibility index (Phi) is 7.34. The van der Waals surface area contributed by atoms with Crippen LogP contribution in [0.5, 0.6) is 5.75 Å². The highest BCUT2D eigenvalue weighted by atomic mass is 19.1. The zero-order valence-corrected chi connectivity index (χ0v) is 24.5. The zero-order valence-electron chi connectivity index (χ0n) is 24.5. The molecule has 3 aromatic carbocycles. The monoisotopic (exact) mass is 597 g/mol. The summed E-state index contributed by atoms with van der Waals surface area (Å²) in [6.45, 7) is 2.71. The van der Waals surface area contributed by atoms with Gasteiger partial charge in [0.25, 0.3) is 11.8 Å². The van der Waals surface area contributed by atoms with Crippen molar-refractivity contribution < 1.29 is 27.5 Å². The number of hydrogen-bond acceptors (Lipinski definition) is 7. The van der Waals surface area contributed by atoms with E-state index in [0.717, 1.165) is 0 Å². The first kappa shape index (κ1) is 28.9. The molecule has 0 atom stereocenters. The maximum atomic E-state index is 16.6. The van der Waals surface area contributed by atoms with Crippen LogP contribution >= 0.6 is 0 Å². The summed E-state index contributed by atoms with van der Waals surface area (Å²) in [6, 6.07) is 13.5. The van der Waals surface area contributed by atoms with Crippen LogP contribution in [-0.2, 0) is 5.54 Å². The van der Waals surface area contributed by atoms with Crippen molar-refractivity contribution in [1.82, 2.24) is 25.5 Å². The lowest BCUT2D eigenvalue weighted by Gasteiger charge is -2.47. The van der Waals surface area contributed by atoms with E-state index in [1.54, 1.807) is 61.6 Å². The molecule has 1 aliphatic rings. The average molecular weight is 598 g/mol. The minimum atomic E-state index is -0.769. The van der Waals surface area contributed by atoms with Crippen LogP contribution in [0.25, 0.3) is 33.4 Å². The first-order valence-electron chi connectivity index (χ1n) is 13.9. The third-order valence-electron chi connectivity index (χ3n) is 8.18. The molecule has 1 saturated heterocycles. The number of furan rings is 1. The number of ether oxygens (including phenoxy) is 1. The Hall–Kier alpha value is -5.16. The van der Waals surface area contributed by atoms with Gasteiger partial charge in [-0.2, -0.15) is 0 Å². The summed E-state index contributed by atoms with van der Waals surface area (Å²) in [5.41, 5.74) is 1.25. The van der Waals surface area contributed by atoms with Crippen molar-refractivity contribution in [2.75, 3.05) is 34.3 Å². The first-order valence-corrected chi connectivity index (χ1v) is 13.9. The Morgan fingerprint density at radius 1 is 1.05 bits per heavy atom. The first-order chi connectivity index (χ1) is 21.2. The predicted octanol–water partition coefficient (Wildman–Crippen LogP) is 5.08. The Morgan fingerprint density at radius 2 is 1.75 bits per heavy atom. The second kappa shape index (κ2) is 11.2. The van der Waals surface area contributed by atoms with E-state index < -0.39 is 23.1 Å². The molecule has 0 saturated carbocycles.